The third-order valence-corrected chi connectivity index (χ3v) is 5.77. The monoisotopic (exact) mass is 376 g/mol. The maximum atomic E-state index is 5.94. The molecule has 2 fully saturated rings. The van der Waals surface area contributed by atoms with Gasteiger partial charge in [0.2, 0.25) is 0 Å². The molecule has 0 radical (unpaired) electrons. The highest BCUT2D eigenvalue weighted by molar-refractivity contribution is 5.80. The van der Waals surface area contributed by atoms with Gasteiger partial charge in [0, 0.05) is 45.0 Å². The van der Waals surface area contributed by atoms with Crippen LogP contribution in [0.25, 0.3) is 0 Å². The molecule has 0 spiro atoms. The molecule has 2 aliphatic heterocycles. The first-order valence-electron chi connectivity index (χ1n) is 10.5. The largest absolute Gasteiger partial charge is 0.370 e. The lowest BCUT2D eigenvalue weighted by Gasteiger charge is -2.35. The van der Waals surface area contributed by atoms with E-state index in [1.165, 1.54) is 45.2 Å². The molecule has 27 heavy (non-hydrogen) atoms. The van der Waals surface area contributed by atoms with Crippen LogP contribution in [0.1, 0.15) is 50.7 Å². The van der Waals surface area contributed by atoms with Crippen LogP contribution in [-0.4, -0.2) is 78.0 Å². The molecule has 0 amide bonds. The zero-order chi connectivity index (χ0) is 19.1. The molecule has 0 bridgehead atoms. The van der Waals surface area contributed by atoms with Crippen molar-refractivity contribution in [2.75, 3.05) is 46.4 Å². The van der Waals surface area contributed by atoms with E-state index >= 15 is 0 Å². The van der Waals surface area contributed by atoms with Crippen molar-refractivity contribution in [3.8, 4) is 0 Å². The summed E-state index contributed by atoms with van der Waals surface area (Å²) >= 11 is 0. The van der Waals surface area contributed by atoms with E-state index in [0.717, 1.165) is 37.2 Å². The lowest BCUT2D eigenvalue weighted by molar-refractivity contribution is -0.00802. The van der Waals surface area contributed by atoms with Crippen LogP contribution < -0.4 is 5.32 Å². The van der Waals surface area contributed by atoms with Crippen LogP contribution in [0.15, 0.2) is 17.4 Å². The molecule has 3 rings (SSSR count). The third kappa shape index (κ3) is 5.69. The number of piperidine rings is 1. The fourth-order valence-electron chi connectivity index (χ4n) is 4.11. The van der Waals surface area contributed by atoms with Crippen molar-refractivity contribution < 1.29 is 4.74 Å². The van der Waals surface area contributed by atoms with Crippen molar-refractivity contribution in [2.45, 2.75) is 51.2 Å². The molecule has 3 heterocycles. The van der Waals surface area contributed by atoms with Crippen LogP contribution in [0, 0.1) is 0 Å². The summed E-state index contributed by atoms with van der Waals surface area (Å²) in [6.45, 7) is 8.26. The second-order valence-corrected chi connectivity index (χ2v) is 7.81. The Bertz CT molecular complexity index is 601. The number of nitrogens with zero attached hydrogens (tertiary/aromatic N) is 5. The van der Waals surface area contributed by atoms with E-state index in [2.05, 4.69) is 32.1 Å². The van der Waals surface area contributed by atoms with Gasteiger partial charge in [-0.15, -0.1) is 0 Å². The number of aliphatic imine (C=N–C) groups is 1. The topological polar surface area (TPSA) is 57.9 Å². The first-order chi connectivity index (χ1) is 13.2. The average molecular weight is 377 g/mol. The molecule has 152 valence electrons. The summed E-state index contributed by atoms with van der Waals surface area (Å²) in [7, 11) is 3.81. The lowest BCUT2D eigenvalue weighted by Crippen LogP contribution is -2.48. The van der Waals surface area contributed by atoms with Crippen molar-refractivity contribution in [1.82, 2.24) is 24.9 Å². The SMILES string of the molecule is CN=C(NCCCCN1CCCCC1C)N1CCOC(c2cnn(C)c2)C1. The van der Waals surface area contributed by atoms with Crippen molar-refractivity contribution in [2.24, 2.45) is 12.0 Å². The molecular formula is C20H36N6O. The minimum Gasteiger partial charge on any atom is -0.370 e. The number of rotatable bonds is 6. The quantitative estimate of drug-likeness (QED) is 0.468. The summed E-state index contributed by atoms with van der Waals surface area (Å²) in [4.78, 5) is 9.44. The molecule has 2 saturated heterocycles. The molecule has 2 atom stereocenters. The predicted octanol–water partition coefficient (Wildman–Crippen LogP) is 2.02. The van der Waals surface area contributed by atoms with Gasteiger partial charge in [-0.2, -0.15) is 5.10 Å². The smallest absolute Gasteiger partial charge is 0.193 e. The molecule has 1 aromatic heterocycles. The lowest BCUT2D eigenvalue weighted by atomic mass is 10.0. The second-order valence-electron chi connectivity index (χ2n) is 7.81. The molecule has 0 aliphatic carbocycles. The Hall–Kier alpha value is -1.60. The number of aryl methyl sites for hydroxylation is 1. The number of nitrogens with one attached hydrogen (secondary N) is 1. The zero-order valence-corrected chi connectivity index (χ0v) is 17.2. The van der Waals surface area contributed by atoms with Gasteiger partial charge in [0.1, 0.15) is 6.10 Å². The van der Waals surface area contributed by atoms with Crippen LogP contribution in [0.5, 0.6) is 0 Å². The first kappa shape index (κ1) is 20.1. The molecule has 7 heteroatoms. The van der Waals surface area contributed by atoms with E-state index in [4.69, 9.17) is 4.74 Å². The maximum Gasteiger partial charge on any atom is 0.193 e. The summed E-state index contributed by atoms with van der Waals surface area (Å²) < 4.78 is 7.77. The summed E-state index contributed by atoms with van der Waals surface area (Å²) in [5.41, 5.74) is 1.13. The van der Waals surface area contributed by atoms with E-state index < -0.39 is 0 Å². The van der Waals surface area contributed by atoms with Crippen LogP contribution in [0.4, 0.5) is 0 Å². The molecule has 1 aromatic rings. The Morgan fingerprint density at radius 3 is 2.96 bits per heavy atom. The Balaban J connectivity index is 1.39. The average Bonchev–Trinajstić information content (AvgIpc) is 3.12. The van der Waals surface area contributed by atoms with Gasteiger partial charge in [-0.05, 0) is 45.7 Å². The van der Waals surface area contributed by atoms with Gasteiger partial charge in [0.05, 0.1) is 19.3 Å². The minimum absolute atomic E-state index is 0.0617. The zero-order valence-electron chi connectivity index (χ0n) is 17.2. The van der Waals surface area contributed by atoms with Crippen molar-refractivity contribution in [1.29, 1.82) is 0 Å². The van der Waals surface area contributed by atoms with E-state index in [9.17, 15) is 0 Å². The van der Waals surface area contributed by atoms with E-state index in [-0.39, 0.29) is 6.10 Å². The predicted molar refractivity (Wildman–Crippen MR) is 109 cm³/mol. The standard InChI is InChI=1S/C20H36N6O/c1-17-8-4-6-10-25(17)11-7-5-9-22-20(21-2)26-12-13-27-19(16-26)18-14-23-24(3)15-18/h14-15,17,19H,4-13,16H2,1-3H3,(H,21,22). The number of unbranched alkanes of at least 4 members (excludes halogenated alkanes) is 1. The highest BCUT2D eigenvalue weighted by atomic mass is 16.5. The molecule has 2 unspecified atom stereocenters. The number of likely N-dealkylation sites (tertiary alicyclic amines) is 1. The van der Waals surface area contributed by atoms with E-state index in [1.807, 2.05) is 31.2 Å². The van der Waals surface area contributed by atoms with Gasteiger partial charge in [-0.25, -0.2) is 0 Å². The van der Waals surface area contributed by atoms with Crippen LogP contribution in [0.2, 0.25) is 0 Å². The summed E-state index contributed by atoms with van der Waals surface area (Å²) in [5, 5.41) is 7.81. The van der Waals surface area contributed by atoms with Crippen molar-refractivity contribution in [3.05, 3.63) is 18.0 Å². The summed E-state index contributed by atoms with van der Waals surface area (Å²) in [6, 6.07) is 0.761. The third-order valence-electron chi connectivity index (χ3n) is 5.77. The number of hydrogen-bond acceptors (Lipinski definition) is 4. The highest BCUT2D eigenvalue weighted by Gasteiger charge is 2.25. The Morgan fingerprint density at radius 2 is 2.22 bits per heavy atom. The summed E-state index contributed by atoms with van der Waals surface area (Å²) in [6.07, 6.45) is 10.5. The van der Waals surface area contributed by atoms with Gasteiger partial charge in [-0.1, -0.05) is 6.42 Å². The van der Waals surface area contributed by atoms with Crippen LogP contribution in [-0.2, 0) is 11.8 Å². The molecule has 0 saturated carbocycles. The van der Waals surface area contributed by atoms with E-state index in [1.54, 1.807) is 0 Å². The first-order valence-corrected chi connectivity index (χ1v) is 10.5. The molecule has 1 N–H and O–H groups in total. The van der Waals surface area contributed by atoms with Crippen molar-refractivity contribution >= 4 is 5.96 Å². The number of morpholine rings is 1. The Morgan fingerprint density at radius 1 is 1.33 bits per heavy atom. The van der Waals surface area contributed by atoms with Gasteiger partial charge in [0.15, 0.2) is 5.96 Å². The number of ether oxygens (including phenoxy) is 1. The van der Waals surface area contributed by atoms with Gasteiger partial charge in [0.25, 0.3) is 0 Å². The number of aromatic nitrogens is 2. The van der Waals surface area contributed by atoms with Crippen LogP contribution in [0.3, 0.4) is 0 Å². The number of guanidine groups is 1. The normalized spacial score (nSPS) is 25.0. The van der Waals surface area contributed by atoms with Gasteiger partial charge >= 0.3 is 0 Å². The second kappa shape index (κ2) is 10.1. The maximum absolute atomic E-state index is 5.94. The fourth-order valence-corrected chi connectivity index (χ4v) is 4.11. The van der Waals surface area contributed by atoms with Crippen LogP contribution >= 0.6 is 0 Å². The molecular weight excluding hydrogens is 340 g/mol. The highest BCUT2D eigenvalue weighted by Crippen LogP contribution is 2.21. The number of hydrogen-bond donors (Lipinski definition) is 1. The minimum atomic E-state index is 0.0617. The molecule has 0 aromatic carbocycles. The van der Waals surface area contributed by atoms with Gasteiger partial charge in [-0.3, -0.25) is 9.67 Å². The molecule has 2 aliphatic rings. The summed E-state index contributed by atoms with van der Waals surface area (Å²) in [5.74, 6) is 0.985. The Kier molecular flexibility index (Phi) is 7.52. The fraction of sp³-hybridized carbons (Fsp3) is 0.800. The Labute approximate surface area is 163 Å². The molecule has 7 nitrogen and oxygen atoms in total. The van der Waals surface area contributed by atoms with Gasteiger partial charge < -0.3 is 19.9 Å². The van der Waals surface area contributed by atoms with E-state index in [0.29, 0.717) is 6.61 Å². The van der Waals surface area contributed by atoms with Crippen molar-refractivity contribution in [3.63, 3.8) is 0 Å².